The summed E-state index contributed by atoms with van der Waals surface area (Å²) in [5, 5.41) is 0. The molecule has 1 fully saturated rings. The van der Waals surface area contributed by atoms with Crippen LogP contribution in [0, 0.1) is 0 Å². The van der Waals surface area contributed by atoms with Gasteiger partial charge in [0.15, 0.2) is 0 Å². The summed E-state index contributed by atoms with van der Waals surface area (Å²) in [5.74, 6) is 0. The monoisotopic (exact) mass is 276 g/mol. The summed E-state index contributed by atoms with van der Waals surface area (Å²) in [4.78, 5) is 2.53. The van der Waals surface area contributed by atoms with Crippen molar-refractivity contribution in [3.8, 4) is 0 Å². The molecule has 1 heterocycles. The molecule has 1 aromatic carbocycles. The molecular weight excluding hydrogens is 248 g/mol. The van der Waals surface area contributed by atoms with Crippen LogP contribution in [-0.2, 0) is 11.3 Å². The molecule has 1 unspecified atom stereocenters. The van der Waals surface area contributed by atoms with Gasteiger partial charge in [-0.25, -0.2) is 0 Å². The third kappa shape index (κ3) is 3.40. The normalized spacial score (nSPS) is 25.9. The highest BCUT2D eigenvalue weighted by molar-refractivity contribution is 5.15. The molecule has 0 bridgehead atoms. The van der Waals surface area contributed by atoms with Crippen LogP contribution in [0.1, 0.15) is 39.2 Å². The van der Waals surface area contributed by atoms with E-state index in [2.05, 4.69) is 56.0 Å². The lowest BCUT2D eigenvalue weighted by Crippen LogP contribution is -2.60. The Morgan fingerprint density at radius 2 is 1.95 bits per heavy atom. The highest BCUT2D eigenvalue weighted by Crippen LogP contribution is 2.36. The highest BCUT2D eigenvalue weighted by Gasteiger charge is 2.43. The topological polar surface area (TPSA) is 38.5 Å². The van der Waals surface area contributed by atoms with Crippen LogP contribution in [0.5, 0.6) is 0 Å². The van der Waals surface area contributed by atoms with Gasteiger partial charge in [0.2, 0.25) is 0 Å². The van der Waals surface area contributed by atoms with E-state index in [1.807, 2.05) is 0 Å². The number of benzene rings is 1. The third-order valence-corrected chi connectivity index (χ3v) is 4.46. The molecule has 0 amide bonds. The van der Waals surface area contributed by atoms with Gasteiger partial charge in [-0.05, 0) is 38.8 Å². The van der Waals surface area contributed by atoms with Crippen molar-refractivity contribution in [3.05, 3.63) is 35.9 Å². The van der Waals surface area contributed by atoms with E-state index in [9.17, 15) is 0 Å². The summed E-state index contributed by atoms with van der Waals surface area (Å²) in [5.41, 5.74) is 7.53. The summed E-state index contributed by atoms with van der Waals surface area (Å²) in [6.07, 6.45) is 2.02. The van der Waals surface area contributed by atoms with Crippen molar-refractivity contribution in [1.29, 1.82) is 0 Å². The predicted octanol–water partition coefficient (Wildman–Crippen LogP) is 2.80. The molecule has 1 atom stereocenters. The zero-order valence-electron chi connectivity index (χ0n) is 13.1. The summed E-state index contributed by atoms with van der Waals surface area (Å²) >= 11 is 0. The zero-order valence-corrected chi connectivity index (χ0v) is 13.1. The van der Waals surface area contributed by atoms with Crippen LogP contribution >= 0.6 is 0 Å². The molecule has 20 heavy (non-hydrogen) atoms. The van der Waals surface area contributed by atoms with E-state index in [1.54, 1.807) is 0 Å². The maximum Gasteiger partial charge on any atom is 0.0644 e. The number of ether oxygens (including phenoxy) is 1. The first-order valence-electron chi connectivity index (χ1n) is 7.64. The van der Waals surface area contributed by atoms with Crippen LogP contribution in [0.3, 0.4) is 0 Å². The molecule has 2 N–H and O–H groups in total. The minimum atomic E-state index is -0.0816. The van der Waals surface area contributed by atoms with Crippen LogP contribution in [0.15, 0.2) is 30.3 Å². The standard InChI is InChI=1S/C17H28N2O/c1-4-19(12-15-8-6-5-7-9-15)17(14-18)10-11-20-16(2,3)13-17/h5-9H,4,10-14,18H2,1-3H3. The van der Waals surface area contributed by atoms with E-state index >= 15 is 0 Å². The number of hydrogen-bond donors (Lipinski definition) is 1. The van der Waals surface area contributed by atoms with Gasteiger partial charge in [0.1, 0.15) is 0 Å². The fraction of sp³-hybridized carbons (Fsp3) is 0.647. The van der Waals surface area contributed by atoms with Gasteiger partial charge in [0.25, 0.3) is 0 Å². The molecule has 0 aliphatic carbocycles. The van der Waals surface area contributed by atoms with Crippen LogP contribution in [0.25, 0.3) is 0 Å². The first-order valence-corrected chi connectivity index (χ1v) is 7.64. The molecule has 0 aromatic heterocycles. The number of hydrogen-bond acceptors (Lipinski definition) is 3. The van der Waals surface area contributed by atoms with Gasteiger partial charge in [-0.15, -0.1) is 0 Å². The van der Waals surface area contributed by atoms with E-state index < -0.39 is 0 Å². The van der Waals surface area contributed by atoms with Crippen molar-refractivity contribution in [2.45, 2.75) is 51.3 Å². The third-order valence-electron chi connectivity index (χ3n) is 4.46. The van der Waals surface area contributed by atoms with Crippen LogP contribution < -0.4 is 5.73 Å². The summed E-state index contributed by atoms with van der Waals surface area (Å²) < 4.78 is 5.89. The van der Waals surface area contributed by atoms with Crippen molar-refractivity contribution in [2.24, 2.45) is 5.73 Å². The molecule has 0 radical (unpaired) electrons. The van der Waals surface area contributed by atoms with Gasteiger partial charge in [0.05, 0.1) is 5.60 Å². The smallest absolute Gasteiger partial charge is 0.0644 e. The first kappa shape index (κ1) is 15.5. The van der Waals surface area contributed by atoms with E-state index in [0.717, 1.165) is 32.5 Å². The molecule has 1 aliphatic rings. The van der Waals surface area contributed by atoms with Gasteiger partial charge in [0, 0.05) is 25.2 Å². The predicted molar refractivity (Wildman–Crippen MR) is 83.6 cm³/mol. The zero-order chi connectivity index (χ0) is 14.6. The fourth-order valence-corrected chi connectivity index (χ4v) is 3.44. The SMILES string of the molecule is CCN(Cc1ccccc1)C1(CN)CCOC(C)(C)C1. The van der Waals surface area contributed by atoms with Crippen LogP contribution in [-0.4, -0.2) is 35.7 Å². The molecule has 2 rings (SSSR count). The van der Waals surface area contributed by atoms with E-state index in [0.29, 0.717) is 6.54 Å². The van der Waals surface area contributed by atoms with Crippen molar-refractivity contribution in [1.82, 2.24) is 4.90 Å². The largest absolute Gasteiger partial charge is 0.375 e. The van der Waals surface area contributed by atoms with Gasteiger partial charge < -0.3 is 10.5 Å². The summed E-state index contributed by atoms with van der Waals surface area (Å²) in [7, 11) is 0. The Labute approximate surface area is 123 Å². The fourth-order valence-electron chi connectivity index (χ4n) is 3.44. The van der Waals surface area contributed by atoms with Crippen molar-refractivity contribution in [3.63, 3.8) is 0 Å². The minimum Gasteiger partial charge on any atom is -0.375 e. The van der Waals surface area contributed by atoms with Gasteiger partial charge in [-0.1, -0.05) is 37.3 Å². The minimum absolute atomic E-state index is 0.0618. The molecule has 112 valence electrons. The molecular formula is C17H28N2O. The molecule has 3 heteroatoms. The second-order valence-corrected chi connectivity index (χ2v) is 6.46. The van der Waals surface area contributed by atoms with Crippen LogP contribution in [0.4, 0.5) is 0 Å². The second kappa shape index (κ2) is 6.25. The Bertz CT molecular complexity index is 418. The molecule has 1 aromatic rings. The quantitative estimate of drug-likeness (QED) is 0.898. The number of nitrogens with zero attached hydrogens (tertiary/aromatic N) is 1. The Morgan fingerprint density at radius 3 is 2.50 bits per heavy atom. The lowest BCUT2D eigenvalue weighted by Gasteiger charge is -2.50. The number of likely N-dealkylation sites (N-methyl/N-ethyl adjacent to an activating group) is 1. The van der Waals surface area contributed by atoms with Gasteiger partial charge in [-0.3, -0.25) is 4.90 Å². The van der Waals surface area contributed by atoms with Crippen molar-refractivity contribution in [2.75, 3.05) is 19.7 Å². The van der Waals surface area contributed by atoms with Crippen LogP contribution in [0.2, 0.25) is 0 Å². The lowest BCUT2D eigenvalue weighted by atomic mass is 9.79. The average Bonchev–Trinajstić information content (AvgIpc) is 2.44. The summed E-state index contributed by atoms with van der Waals surface area (Å²) in [6.45, 7) is 10.0. The molecule has 3 nitrogen and oxygen atoms in total. The maximum atomic E-state index is 6.19. The maximum absolute atomic E-state index is 6.19. The Kier molecular flexibility index (Phi) is 4.84. The molecule has 1 saturated heterocycles. The molecule has 0 spiro atoms. The Balaban J connectivity index is 2.19. The Hall–Kier alpha value is -0.900. The van der Waals surface area contributed by atoms with Crippen molar-refractivity contribution >= 4 is 0 Å². The highest BCUT2D eigenvalue weighted by atomic mass is 16.5. The number of rotatable bonds is 5. The number of nitrogens with two attached hydrogens (primary N) is 1. The second-order valence-electron chi connectivity index (χ2n) is 6.46. The average molecular weight is 276 g/mol. The lowest BCUT2D eigenvalue weighted by molar-refractivity contribution is -0.119. The van der Waals surface area contributed by atoms with E-state index in [-0.39, 0.29) is 11.1 Å². The van der Waals surface area contributed by atoms with E-state index in [4.69, 9.17) is 10.5 Å². The molecule has 1 aliphatic heterocycles. The van der Waals surface area contributed by atoms with E-state index in [1.165, 1.54) is 5.56 Å². The van der Waals surface area contributed by atoms with Gasteiger partial charge >= 0.3 is 0 Å². The van der Waals surface area contributed by atoms with Crippen molar-refractivity contribution < 1.29 is 4.74 Å². The first-order chi connectivity index (χ1) is 9.51. The Morgan fingerprint density at radius 1 is 1.25 bits per heavy atom. The molecule has 0 saturated carbocycles. The summed E-state index contributed by atoms with van der Waals surface area (Å²) in [6, 6.07) is 10.7. The van der Waals surface area contributed by atoms with Gasteiger partial charge in [-0.2, -0.15) is 0 Å².